The maximum Gasteiger partial charge on any atom is 0.237 e. The molecule has 4 rings (SSSR count). The second-order valence-corrected chi connectivity index (χ2v) is 7.58. The topological polar surface area (TPSA) is 61.5 Å². The van der Waals surface area contributed by atoms with Crippen LogP contribution in [0.25, 0.3) is 0 Å². The smallest absolute Gasteiger partial charge is 0.237 e. The Morgan fingerprint density at radius 3 is 2.67 bits per heavy atom. The molecule has 1 amide bonds. The van der Waals surface area contributed by atoms with Gasteiger partial charge in [-0.05, 0) is 42.4 Å². The van der Waals surface area contributed by atoms with Gasteiger partial charge in [0.15, 0.2) is 0 Å². The van der Waals surface area contributed by atoms with Crippen molar-refractivity contribution < 1.29 is 13.9 Å². The number of ether oxygens (including phenoxy) is 1. The highest BCUT2D eigenvalue weighted by Crippen LogP contribution is 2.34. The number of amides is 1. The van der Waals surface area contributed by atoms with Crippen LogP contribution in [0, 0.1) is 5.82 Å². The number of H-pyrrole nitrogens is 1. The summed E-state index contributed by atoms with van der Waals surface area (Å²) in [7, 11) is 3.53. The Balaban J connectivity index is 1.53. The van der Waals surface area contributed by atoms with E-state index in [-0.39, 0.29) is 24.3 Å². The van der Waals surface area contributed by atoms with E-state index in [1.807, 2.05) is 41.1 Å². The first-order valence-electron chi connectivity index (χ1n) is 9.93. The van der Waals surface area contributed by atoms with Crippen molar-refractivity contribution in [1.82, 2.24) is 19.8 Å². The van der Waals surface area contributed by atoms with Crippen LogP contribution in [0.4, 0.5) is 4.39 Å². The van der Waals surface area contributed by atoms with E-state index in [1.165, 1.54) is 12.1 Å². The minimum atomic E-state index is -0.261. The van der Waals surface area contributed by atoms with Crippen LogP contribution in [0.15, 0.2) is 54.9 Å². The molecule has 3 aromatic rings. The van der Waals surface area contributed by atoms with E-state index in [2.05, 4.69) is 9.97 Å². The van der Waals surface area contributed by atoms with Gasteiger partial charge in [-0.1, -0.05) is 24.3 Å². The Kier molecular flexibility index (Phi) is 5.81. The lowest BCUT2D eigenvalue weighted by Gasteiger charge is -2.36. The number of rotatable bonds is 6. The lowest BCUT2D eigenvalue weighted by atomic mass is 9.95. The van der Waals surface area contributed by atoms with Gasteiger partial charge in [0.25, 0.3) is 0 Å². The number of imidazole rings is 1. The van der Waals surface area contributed by atoms with Crippen molar-refractivity contribution in [3.05, 3.63) is 83.2 Å². The molecular formula is C23H25FN4O2. The lowest BCUT2D eigenvalue weighted by Crippen LogP contribution is -2.45. The number of aromatic nitrogens is 2. The van der Waals surface area contributed by atoms with E-state index in [0.29, 0.717) is 13.1 Å². The third kappa shape index (κ3) is 4.21. The van der Waals surface area contributed by atoms with Crippen molar-refractivity contribution in [3.63, 3.8) is 0 Å². The molecule has 0 spiro atoms. The van der Waals surface area contributed by atoms with Gasteiger partial charge in [-0.3, -0.25) is 9.69 Å². The fourth-order valence-corrected chi connectivity index (χ4v) is 3.95. The van der Waals surface area contributed by atoms with Gasteiger partial charge in [-0.25, -0.2) is 9.37 Å². The third-order valence-corrected chi connectivity index (χ3v) is 5.45. The number of likely N-dealkylation sites (N-methyl/N-ethyl adjacent to an activating group) is 1. The van der Waals surface area contributed by atoms with E-state index in [1.54, 1.807) is 25.6 Å². The predicted molar refractivity (Wildman–Crippen MR) is 112 cm³/mol. The zero-order valence-corrected chi connectivity index (χ0v) is 17.1. The number of halogens is 1. The number of fused-ring (bicyclic) bond motifs is 1. The van der Waals surface area contributed by atoms with Crippen LogP contribution >= 0.6 is 0 Å². The Hall–Kier alpha value is -3.19. The molecule has 0 radical (unpaired) electrons. The molecule has 2 aromatic carbocycles. The fourth-order valence-electron chi connectivity index (χ4n) is 3.95. The number of methoxy groups -OCH3 is 1. The summed E-state index contributed by atoms with van der Waals surface area (Å²) in [6.45, 7) is 1.46. The van der Waals surface area contributed by atoms with Gasteiger partial charge in [0.2, 0.25) is 5.91 Å². The lowest BCUT2D eigenvalue weighted by molar-refractivity contribution is -0.134. The van der Waals surface area contributed by atoms with Crippen LogP contribution < -0.4 is 4.74 Å². The van der Waals surface area contributed by atoms with Crippen LogP contribution in [0.2, 0.25) is 0 Å². The quantitative estimate of drug-likeness (QED) is 0.681. The Bertz CT molecular complexity index is 1000. The zero-order valence-electron chi connectivity index (χ0n) is 17.1. The molecule has 156 valence electrons. The molecule has 1 atom stereocenters. The van der Waals surface area contributed by atoms with Gasteiger partial charge in [0, 0.05) is 25.2 Å². The first-order valence-corrected chi connectivity index (χ1v) is 9.93. The summed E-state index contributed by atoms with van der Waals surface area (Å²) >= 11 is 0. The van der Waals surface area contributed by atoms with Crippen molar-refractivity contribution >= 4 is 5.91 Å². The van der Waals surface area contributed by atoms with Crippen molar-refractivity contribution in [2.45, 2.75) is 19.0 Å². The van der Waals surface area contributed by atoms with Crippen molar-refractivity contribution in [1.29, 1.82) is 0 Å². The molecule has 0 saturated heterocycles. The number of carbonyl (C=O) groups is 1. The van der Waals surface area contributed by atoms with Crippen LogP contribution in [0.3, 0.4) is 0 Å². The van der Waals surface area contributed by atoms with Crippen LogP contribution in [-0.4, -0.2) is 52.9 Å². The predicted octanol–water partition coefficient (Wildman–Crippen LogP) is 3.16. The van der Waals surface area contributed by atoms with Gasteiger partial charge in [-0.15, -0.1) is 0 Å². The molecule has 0 fully saturated rings. The standard InChI is InChI=1S/C23H25FN4O2/c1-27(13-16-3-7-18(24)8-4-16)14-21(29)28-12-11-20-22(26-15-25-20)23(28)17-5-9-19(30-2)10-6-17/h3-10,15,23H,11-14H2,1-2H3,(H,25,26)/t23-/m1/s1. The third-order valence-electron chi connectivity index (χ3n) is 5.45. The Morgan fingerprint density at radius 1 is 1.23 bits per heavy atom. The number of benzene rings is 2. The van der Waals surface area contributed by atoms with Crippen molar-refractivity contribution in [2.24, 2.45) is 0 Å². The van der Waals surface area contributed by atoms with Gasteiger partial charge >= 0.3 is 0 Å². The summed E-state index contributed by atoms with van der Waals surface area (Å²) in [6.07, 6.45) is 2.44. The minimum Gasteiger partial charge on any atom is -0.497 e. The molecule has 2 heterocycles. The van der Waals surface area contributed by atoms with Crippen LogP contribution in [-0.2, 0) is 17.8 Å². The number of hydrogen-bond donors (Lipinski definition) is 1. The second-order valence-electron chi connectivity index (χ2n) is 7.58. The first kappa shape index (κ1) is 20.1. The van der Waals surface area contributed by atoms with Crippen molar-refractivity contribution in [2.75, 3.05) is 27.2 Å². The highest BCUT2D eigenvalue weighted by molar-refractivity contribution is 5.79. The highest BCUT2D eigenvalue weighted by Gasteiger charge is 2.34. The monoisotopic (exact) mass is 408 g/mol. The molecule has 1 aliphatic rings. The number of carbonyl (C=O) groups excluding carboxylic acids is 1. The van der Waals surface area contributed by atoms with E-state index < -0.39 is 0 Å². The molecule has 1 aromatic heterocycles. The number of aromatic amines is 1. The summed E-state index contributed by atoms with van der Waals surface area (Å²) in [5.74, 6) is 0.547. The van der Waals surface area contributed by atoms with Gasteiger partial charge in [0.05, 0.1) is 25.7 Å². The Morgan fingerprint density at radius 2 is 1.97 bits per heavy atom. The van der Waals surface area contributed by atoms with Crippen molar-refractivity contribution in [3.8, 4) is 5.75 Å². The summed E-state index contributed by atoms with van der Waals surface area (Å²) in [6, 6.07) is 13.9. The number of nitrogens with one attached hydrogen (secondary N) is 1. The average Bonchev–Trinajstić information content (AvgIpc) is 3.23. The van der Waals surface area contributed by atoms with Crippen LogP contribution in [0.1, 0.15) is 28.6 Å². The molecule has 1 N–H and O–H groups in total. The minimum absolute atomic E-state index is 0.0362. The molecule has 30 heavy (non-hydrogen) atoms. The fraction of sp³-hybridized carbons (Fsp3) is 0.304. The SMILES string of the molecule is COc1ccc([C@@H]2c3nc[nH]c3CCN2C(=O)CN(C)Cc2ccc(F)cc2)cc1. The van der Waals surface area contributed by atoms with E-state index in [9.17, 15) is 9.18 Å². The molecule has 0 bridgehead atoms. The maximum atomic E-state index is 13.3. The van der Waals surface area contributed by atoms with Gasteiger partial charge in [0.1, 0.15) is 17.6 Å². The molecule has 0 saturated carbocycles. The average molecular weight is 408 g/mol. The molecule has 0 aliphatic carbocycles. The van der Waals surface area contributed by atoms with E-state index in [4.69, 9.17) is 4.74 Å². The van der Waals surface area contributed by atoms with E-state index in [0.717, 1.165) is 34.7 Å². The Labute approximate surface area is 175 Å². The summed E-state index contributed by atoms with van der Waals surface area (Å²) in [4.78, 5) is 24.8. The summed E-state index contributed by atoms with van der Waals surface area (Å²) < 4.78 is 18.4. The van der Waals surface area contributed by atoms with Gasteiger partial charge in [-0.2, -0.15) is 0 Å². The molecule has 0 unspecified atom stereocenters. The second kappa shape index (κ2) is 8.67. The number of nitrogens with zero attached hydrogens (tertiary/aromatic N) is 3. The first-order chi connectivity index (χ1) is 14.5. The largest absolute Gasteiger partial charge is 0.497 e. The normalized spacial score (nSPS) is 15.9. The molecular weight excluding hydrogens is 383 g/mol. The molecule has 1 aliphatic heterocycles. The maximum absolute atomic E-state index is 13.3. The van der Waals surface area contributed by atoms with E-state index >= 15 is 0 Å². The van der Waals surface area contributed by atoms with Gasteiger partial charge < -0.3 is 14.6 Å². The summed E-state index contributed by atoms with van der Waals surface area (Å²) in [5.41, 5.74) is 3.92. The zero-order chi connectivity index (χ0) is 21.1. The number of hydrogen-bond acceptors (Lipinski definition) is 4. The molecule has 6 nitrogen and oxygen atoms in total. The highest BCUT2D eigenvalue weighted by atomic mass is 19.1. The summed E-state index contributed by atoms with van der Waals surface area (Å²) in [5, 5.41) is 0. The molecule has 7 heteroatoms. The van der Waals surface area contributed by atoms with Crippen LogP contribution in [0.5, 0.6) is 5.75 Å².